The number of rotatable bonds is 5. The van der Waals surface area contributed by atoms with Crippen LogP contribution in [-0.4, -0.2) is 14.5 Å². The molecule has 1 aliphatic rings. The van der Waals surface area contributed by atoms with Crippen molar-refractivity contribution in [2.75, 3.05) is 0 Å². The molecule has 1 saturated carbocycles. The third kappa shape index (κ3) is 4.05. The zero-order valence-electron chi connectivity index (χ0n) is 12.9. The molecule has 21 heavy (non-hydrogen) atoms. The van der Waals surface area contributed by atoms with Crippen LogP contribution in [0.4, 0.5) is 0 Å². The van der Waals surface area contributed by atoms with Crippen LogP contribution in [0.1, 0.15) is 50.7 Å². The van der Waals surface area contributed by atoms with Crippen LogP contribution in [0.2, 0.25) is 0 Å². The lowest BCUT2D eigenvalue weighted by Crippen LogP contribution is -2.38. The summed E-state index contributed by atoms with van der Waals surface area (Å²) in [5.41, 5.74) is 7.75. The molecule has 0 spiro atoms. The van der Waals surface area contributed by atoms with Crippen LogP contribution in [0.5, 0.6) is 0 Å². The van der Waals surface area contributed by atoms with Gasteiger partial charge in [-0.05, 0) is 48.4 Å². The van der Waals surface area contributed by atoms with Crippen molar-refractivity contribution >= 4 is 10.0 Å². The summed E-state index contributed by atoms with van der Waals surface area (Å²) in [5.74, 6) is 0.591. The summed E-state index contributed by atoms with van der Waals surface area (Å²) in [7, 11) is -3.45. The highest BCUT2D eigenvalue weighted by atomic mass is 32.2. The minimum absolute atomic E-state index is 0.0610. The molecular formula is C16H26N2O2S. The molecule has 0 aliphatic heterocycles. The molecular weight excluding hydrogens is 284 g/mol. The minimum atomic E-state index is -3.45. The SMILES string of the molecule is CCc1ccc(S(=O)(=O)NC2CCCC(C)C2)cc1CN. The fourth-order valence-corrected chi connectivity index (χ4v) is 4.47. The number of hydrogen-bond donors (Lipinski definition) is 2. The second-order valence-electron chi connectivity index (χ2n) is 6.08. The summed E-state index contributed by atoms with van der Waals surface area (Å²) in [6.07, 6.45) is 5.01. The van der Waals surface area contributed by atoms with Crippen molar-refractivity contribution < 1.29 is 8.42 Å². The lowest BCUT2D eigenvalue weighted by Gasteiger charge is -2.27. The van der Waals surface area contributed by atoms with Gasteiger partial charge in [0.1, 0.15) is 0 Å². The highest BCUT2D eigenvalue weighted by Gasteiger charge is 2.24. The van der Waals surface area contributed by atoms with Gasteiger partial charge >= 0.3 is 0 Å². The summed E-state index contributed by atoms with van der Waals surface area (Å²) < 4.78 is 27.9. The van der Waals surface area contributed by atoms with Gasteiger partial charge < -0.3 is 5.73 Å². The van der Waals surface area contributed by atoms with Gasteiger partial charge in [0.25, 0.3) is 0 Å². The van der Waals surface area contributed by atoms with Gasteiger partial charge in [0.15, 0.2) is 0 Å². The molecule has 4 nitrogen and oxygen atoms in total. The van der Waals surface area contributed by atoms with Crippen LogP contribution in [-0.2, 0) is 23.0 Å². The van der Waals surface area contributed by atoms with E-state index in [2.05, 4.69) is 11.6 Å². The molecule has 0 radical (unpaired) electrons. The van der Waals surface area contributed by atoms with Crippen molar-refractivity contribution in [3.05, 3.63) is 29.3 Å². The smallest absolute Gasteiger partial charge is 0.240 e. The van der Waals surface area contributed by atoms with Gasteiger partial charge in [-0.1, -0.05) is 32.8 Å². The first-order chi connectivity index (χ1) is 9.96. The Labute approximate surface area is 128 Å². The second-order valence-corrected chi connectivity index (χ2v) is 7.79. The third-order valence-corrected chi connectivity index (χ3v) is 5.87. The van der Waals surface area contributed by atoms with Crippen molar-refractivity contribution in [1.82, 2.24) is 4.72 Å². The molecule has 1 aliphatic carbocycles. The van der Waals surface area contributed by atoms with Crippen molar-refractivity contribution in [3.8, 4) is 0 Å². The monoisotopic (exact) mass is 310 g/mol. The van der Waals surface area contributed by atoms with E-state index in [0.717, 1.165) is 36.8 Å². The predicted molar refractivity (Wildman–Crippen MR) is 85.5 cm³/mol. The Morgan fingerprint density at radius 2 is 2.05 bits per heavy atom. The zero-order chi connectivity index (χ0) is 15.5. The molecule has 2 rings (SSSR count). The molecule has 0 saturated heterocycles. The van der Waals surface area contributed by atoms with Gasteiger partial charge in [0.05, 0.1) is 4.90 Å². The molecule has 3 N–H and O–H groups in total. The Hall–Kier alpha value is -0.910. The van der Waals surface area contributed by atoms with Crippen LogP contribution in [0, 0.1) is 5.92 Å². The molecule has 1 aromatic carbocycles. The Kier molecular flexibility index (Phi) is 5.41. The lowest BCUT2D eigenvalue weighted by atomic mass is 9.88. The number of sulfonamides is 1. The maximum atomic E-state index is 12.5. The highest BCUT2D eigenvalue weighted by Crippen LogP contribution is 2.25. The number of hydrogen-bond acceptors (Lipinski definition) is 3. The molecule has 0 aromatic heterocycles. The molecule has 5 heteroatoms. The van der Waals surface area contributed by atoms with Gasteiger partial charge in [0, 0.05) is 12.6 Å². The number of nitrogens with one attached hydrogen (secondary N) is 1. The fraction of sp³-hybridized carbons (Fsp3) is 0.625. The molecule has 1 fully saturated rings. The van der Waals surface area contributed by atoms with E-state index < -0.39 is 10.0 Å². The lowest BCUT2D eigenvalue weighted by molar-refractivity contribution is 0.327. The quantitative estimate of drug-likeness (QED) is 0.878. The third-order valence-electron chi connectivity index (χ3n) is 4.35. The van der Waals surface area contributed by atoms with E-state index in [1.165, 1.54) is 6.42 Å². The van der Waals surface area contributed by atoms with E-state index >= 15 is 0 Å². The fourth-order valence-electron chi connectivity index (χ4n) is 3.13. The second kappa shape index (κ2) is 6.90. The number of aryl methyl sites for hydroxylation is 1. The van der Waals surface area contributed by atoms with Gasteiger partial charge in [-0.2, -0.15) is 0 Å². The summed E-state index contributed by atoms with van der Waals surface area (Å²) in [6, 6.07) is 5.34. The molecule has 0 amide bonds. The van der Waals surface area contributed by atoms with Crippen LogP contribution < -0.4 is 10.5 Å². The normalized spacial score (nSPS) is 23.2. The van der Waals surface area contributed by atoms with E-state index in [1.807, 2.05) is 13.0 Å². The van der Waals surface area contributed by atoms with Crippen molar-refractivity contribution in [3.63, 3.8) is 0 Å². The topological polar surface area (TPSA) is 72.2 Å². The summed E-state index contributed by atoms with van der Waals surface area (Å²) >= 11 is 0. The van der Waals surface area contributed by atoms with Gasteiger partial charge in [-0.25, -0.2) is 13.1 Å². The van der Waals surface area contributed by atoms with Gasteiger partial charge in [-0.3, -0.25) is 0 Å². The summed E-state index contributed by atoms with van der Waals surface area (Å²) in [5, 5.41) is 0. The first-order valence-electron chi connectivity index (χ1n) is 7.80. The van der Waals surface area contributed by atoms with Gasteiger partial charge in [0.2, 0.25) is 10.0 Å². The highest BCUT2D eigenvalue weighted by molar-refractivity contribution is 7.89. The molecule has 2 atom stereocenters. The van der Waals surface area contributed by atoms with Crippen molar-refractivity contribution in [2.24, 2.45) is 11.7 Å². The van der Waals surface area contributed by atoms with E-state index in [-0.39, 0.29) is 6.04 Å². The van der Waals surface area contributed by atoms with Crippen molar-refractivity contribution in [2.45, 2.75) is 63.4 Å². The van der Waals surface area contributed by atoms with Crippen LogP contribution in [0.3, 0.4) is 0 Å². The number of nitrogens with two attached hydrogens (primary N) is 1. The average molecular weight is 310 g/mol. The van der Waals surface area contributed by atoms with E-state index in [4.69, 9.17) is 5.73 Å². The Morgan fingerprint density at radius 1 is 1.29 bits per heavy atom. The van der Waals surface area contributed by atoms with Gasteiger partial charge in [-0.15, -0.1) is 0 Å². The summed E-state index contributed by atoms with van der Waals surface area (Å²) in [6.45, 7) is 4.60. The minimum Gasteiger partial charge on any atom is -0.326 e. The molecule has 0 heterocycles. The van der Waals surface area contributed by atoms with Crippen LogP contribution >= 0.6 is 0 Å². The van der Waals surface area contributed by atoms with E-state index in [1.54, 1.807) is 12.1 Å². The first kappa shape index (κ1) is 16.5. The average Bonchev–Trinajstić information content (AvgIpc) is 2.46. The Bertz CT molecular complexity index is 584. The molecule has 2 unspecified atom stereocenters. The first-order valence-corrected chi connectivity index (χ1v) is 9.28. The Morgan fingerprint density at radius 3 is 2.67 bits per heavy atom. The maximum Gasteiger partial charge on any atom is 0.240 e. The number of benzene rings is 1. The summed E-state index contributed by atoms with van der Waals surface area (Å²) in [4.78, 5) is 0.332. The van der Waals surface area contributed by atoms with Crippen LogP contribution in [0.15, 0.2) is 23.1 Å². The Balaban J connectivity index is 2.19. The van der Waals surface area contributed by atoms with Crippen molar-refractivity contribution in [1.29, 1.82) is 0 Å². The molecule has 118 valence electrons. The maximum absolute atomic E-state index is 12.5. The predicted octanol–water partition coefficient (Wildman–Crippen LogP) is 2.56. The largest absolute Gasteiger partial charge is 0.326 e. The molecule has 1 aromatic rings. The standard InChI is InChI=1S/C16H26N2O2S/c1-3-13-7-8-16(10-14(13)11-17)21(19,20)18-15-6-4-5-12(2)9-15/h7-8,10,12,15,18H,3-6,9,11,17H2,1-2H3. The van der Waals surface area contributed by atoms with E-state index in [9.17, 15) is 8.42 Å². The zero-order valence-corrected chi connectivity index (χ0v) is 13.7. The van der Waals surface area contributed by atoms with Crippen LogP contribution in [0.25, 0.3) is 0 Å². The van der Waals surface area contributed by atoms with E-state index in [0.29, 0.717) is 17.4 Å². The molecule has 0 bridgehead atoms.